The average molecular weight is 286 g/mol. The quantitative estimate of drug-likeness (QED) is 0.802. The average Bonchev–Trinajstić information content (AvgIpc) is 3.01. The van der Waals surface area contributed by atoms with Gasteiger partial charge in [0.05, 0.1) is 17.7 Å². The first-order valence-electron chi connectivity index (χ1n) is 6.32. The minimum Gasteiger partial charge on any atom is -0.451 e. The van der Waals surface area contributed by atoms with Gasteiger partial charge in [-0.2, -0.15) is 0 Å². The smallest absolute Gasteiger partial charge is 0.287 e. The molecule has 0 saturated heterocycles. The van der Waals surface area contributed by atoms with E-state index < -0.39 is 0 Å². The first kappa shape index (κ1) is 12.9. The standard InChI is InChI=1S/C15H14N2O2S/c1-9-11-5-3-4-6-12(11)19-14(9)15(18)16-7-13-10(2)17-8-20-13/h3-6,8H,7H2,1-2H3,(H,16,18). The second-order valence-corrected chi connectivity index (χ2v) is 5.54. The molecule has 0 saturated carbocycles. The molecule has 1 amide bonds. The summed E-state index contributed by atoms with van der Waals surface area (Å²) < 4.78 is 5.64. The van der Waals surface area contributed by atoms with Crippen LogP contribution in [0.4, 0.5) is 0 Å². The topological polar surface area (TPSA) is 55.1 Å². The van der Waals surface area contributed by atoms with Crippen molar-refractivity contribution >= 4 is 28.2 Å². The molecular formula is C15H14N2O2S. The van der Waals surface area contributed by atoms with E-state index in [0.29, 0.717) is 12.3 Å². The fourth-order valence-corrected chi connectivity index (χ4v) is 2.84. The van der Waals surface area contributed by atoms with E-state index in [-0.39, 0.29) is 5.91 Å². The van der Waals surface area contributed by atoms with Gasteiger partial charge in [0.25, 0.3) is 5.91 Å². The van der Waals surface area contributed by atoms with E-state index in [1.54, 1.807) is 5.51 Å². The van der Waals surface area contributed by atoms with Crippen LogP contribution in [-0.4, -0.2) is 10.9 Å². The van der Waals surface area contributed by atoms with Gasteiger partial charge in [-0.3, -0.25) is 4.79 Å². The first-order valence-corrected chi connectivity index (χ1v) is 7.20. The first-order chi connectivity index (χ1) is 9.66. The van der Waals surface area contributed by atoms with Crippen molar-refractivity contribution in [3.05, 3.63) is 51.7 Å². The maximum absolute atomic E-state index is 12.2. The summed E-state index contributed by atoms with van der Waals surface area (Å²) in [7, 11) is 0. The molecule has 1 aromatic carbocycles. The molecule has 20 heavy (non-hydrogen) atoms. The SMILES string of the molecule is Cc1ncsc1CNC(=O)c1oc2ccccc2c1C. The van der Waals surface area contributed by atoms with E-state index in [4.69, 9.17) is 4.42 Å². The number of nitrogens with one attached hydrogen (secondary N) is 1. The van der Waals surface area contributed by atoms with Crippen LogP contribution in [-0.2, 0) is 6.54 Å². The highest BCUT2D eigenvalue weighted by molar-refractivity contribution is 7.09. The number of fused-ring (bicyclic) bond motifs is 1. The summed E-state index contributed by atoms with van der Waals surface area (Å²) in [4.78, 5) is 17.4. The van der Waals surface area contributed by atoms with Crippen LogP contribution < -0.4 is 5.32 Å². The van der Waals surface area contributed by atoms with Crippen LogP contribution in [0.2, 0.25) is 0 Å². The molecule has 0 spiro atoms. The molecule has 0 unspecified atom stereocenters. The van der Waals surface area contributed by atoms with E-state index in [9.17, 15) is 4.79 Å². The van der Waals surface area contributed by atoms with Gasteiger partial charge in [0.2, 0.25) is 0 Å². The number of furan rings is 1. The molecule has 0 aliphatic heterocycles. The van der Waals surface area contributed by atoms with E-state index in [2.05, 4.69) is 10.3 Å². The number of benzene rings is 1. The lowest BCUT2D eigenvalue weighted by Gasteiger charge is -2.02. The van der Waals surface area contributed by atoms with Crippen molar-refractivity contribution in [3.63, 3.8) is 0 Å². The fourth-order valence-electron chi connectivity index (χ4n) is 2.13. The third kappa shape index (κ3) is 2.20. The maximum atomic E-state index is 12.2. The Morgan fingerprint density at radius 3 is 2.85 bits per heavy atom. The van der Waals surface area contributed by atoms with Crippen molar-refractivity contribution in [2.45, 2.75) is 20.4 Å². The minimum absolute atomic E-state index is 0.188. The Balaban J connectivity index is 1.82. The molecule has 0 radical (unpaired) electrons. The number of aromatic nitrogens is 1. The third-order valence-corrected chi connectivity index (χ3v) is 4.24. The summed E-state index contributed by atoms with van der Waals surface area (Å²) >= 11 is 1.54. The van der Waals surface area contributed by atoms with E-state index in [1.165, 1.54) is 11.3 Å². The second kappa shape index (κ2) is 5.09. The molecule has 0 atom stereocenters. The lowest BCUT2D eigenvalue weighted by atomic mass is 10.1. The van der Waals surface area contributed by atoms with Crippen molar-refractivity contribution in [3.8, 4) is 0 Å². The number of rotatable bonds is 3. The third-order valence-electron chi connectivity index (χ3n) is 3.30. The lowest BCUT2D eigenvalue weighted by Crippen LogP contribution is -2.22. The summed E-state index contributed by atoms with van der Waals surface area (Å²) in [6, 6.07) is 7.66. The zero-order valence-corrected chi connectivity index (χ0v) is 12.1. The zero-order valence-electron chi connectivity index (χ0n) is 11.3. The molecule has 4 nitrogen and oxygen atoms in total. The fraction of sp³-hybridized carbons (Fsp3) is 0.200. The Hall–Kier alpha value is -2.14. The van der Waals surface area contributed by atoms with E-state index in [1.807, 2.05) is 38.1 Å². The second-order valence-electron chi connectivity index (χ2n) is 4.60. The Kier molecular flexibility index (Phi) is 3.28. The van der Waals surface area contributed by atoms with Gasteiger partial charge in [0.15, 0.2) is 5.76 Å². The molecule has 5 heteroatoms. The van der Waals surface area contributed by atoms with Crippen LogP contribution >= 0.6 is 11.3 Å². The van der Waals surface area contributed by atoms with Crippen LogP contribution in [0.15, 0.2) is 34.2 Å². The molecule has 0 fully saturated rings. The van der Waals surface area contributed by atoms with Crippen LogP contribution in [0.5, 0.6) is 0 Å². The Morgan fingerprint density at radius 1 is 1.35 bits per heavy atom. The summed E-state index contributed by atoms with van der Waals surface area (Å²) in [5.74, 6) is 0.194. The molecule has 0 aliphatic carbocycles. The highest BCUT2D eigenvalue weighted by atomic mass is 32.1. The number of amides is 1. The number of nitrogens with zero attached hydrogens (tertiary/aromatic N) is 1. The van der Waals surface area contributed by atoms with Crippen LogP contribution in [0.1, 0.15) is 26.7 Å². The minimum atomic E-state index is -0.188. The predicted octanol–water partition coefficient (Wildman–Crippen LogP) is 3.44. The number of para-hydroxylation sites is 1. The van der Waals surface area contributed by atoms with Gasteiger partial charge in [-0.15, -0.1) is 11.3 Å². The van der Waals surface area contributed by atoms with Gasteiger partial charge >= 0.3 is 0 Å². The van der Waals surface area contributed by atoms with Gasteiger partial charge in [0.1, 0.15) is 5.58 Å². The largest absolute Gasteiger partial charge is 0.451 e. The molecule has 0 bridgehead atoms. The molecule has 3 rings (SSSR count). The number of carbonyl (C=O) groups excluding carboxylic acids is 1. The zero-order chi connectivity index (χ0) is 14.1. The molecule has 1 N–H and O–H groups in total. The number of hydrogen-bond acceptors (Lipinski definition) is 4. The number of aryl methyl sites for hydroxylation is 2. The predicted molar refractivity (Wildman–Crippen MR) is 79.0 cm³/mol. The molecule has 3 aromatic rings. The van der Waals surface area contributed by atoms with Crippen molar-refractivity contribution in [1.82, 2.24) is 10.3 Å². The normalized spacial score (nSPS) is 10.9. The molecular weight excluding hydrogens is 272 g/mol. The highest BCUT2D eigenvalue weighted by Crippen LogP contribution is 2.24. The molecule has 2 heterocycles. The Bertz CT molecular complexity index is 773. The van der Waals surface area contributed by atoms with Crippen LogP contribution in [0.25, 0.3) is 11.0 Å². The van der Waals surface area contributed by atoms with Crippen molar-refractivity contribution in [2.75, 3.05) is 0 Å². The summed E-state index contributed by atoms with van der Waals surface area (Å²) in [6.45, 7) is 4.31. The summed E-state index contributed by atoms with van der Waals surface area (Å²) in [6.07, 6.45) is 0. The van der Waals surface area contributed by atoms with Crippen LogP contribution in [0.3, 0.4) is 0 Å². The van der Waals surface area contributed by atoms with E-state index >= 15 is 0 Å². The maximum Gasteiger partial charge on any atom is 0.287 e. The van der Waals surface area contributed by atoms with Crippen molar-refractivity contribution < 1.29 is 9.21 Å². The van der Waals surface area contributed by atoms with Gasteiger partial charge < -0.3 is 9.73 Å². The van der Waals surface area contributed by atoms with Gasteiger partial charge in [-0.05, 0) is 19.9 Å². The van der Waals surface area contributed by atoms with Gasteiger partial charge in [0, 0.05) is 15.8 Å². The van der Waals surface area contributed by atoms with E-state index in [0.717, 1.165) is 27.1 Å². The molecule has 0 aliphatic rings. The number of carbonyl (C=O) groups is 1. The Morgan fingerprint density at radius 2 is 2.15 bits per heavy atom. The summed E-state index contributed by atoms with van der Waals surface area (Å²) in [5.41, 5.74) is 4.35. The highest BCUT2D eigenvalue weighted by Gasteiger charge is 2.17. The van der Waals surface area contributed by atoms with Crippen LogP contribution in [0, 0.1) is 13.8 Å². The van der Waals surface area contributed by atoms with Gasteiger partial charge in [-0.25, -0.2) is 4.98 Å². The number of hydrogen-bond donors (Lipinski definition) is 1. The Labute approximate surface area is 120 Å². The van der Waals surface area contributed by atoms with Gasteiger partial charge in [-0.1, -0.05) is 18.2 Å². The molecule has 102 valence electrons. The summed E-state index contributed by atoms with van der Waals surface area (Å²) in [5, 5.41) is 3.86. The molecule has 2 aromatic heterocycles. The van der Waals surface area contributed by atoms with Crippen molar-refractivity contribution in [1.29, 1.82) is 0 Å². The monoisotopic (exact) mass is 286 g/mol. The lowest BCUT2D eigenvalue weighted by molar-refractivity contribution is 0.0925. The van der Waals surface area contributed by atoms with Crippen molar-refractivity contribution in [2.24, 2.45) is 0 Å². The number of thiazole rings is 1.